The fourth-order valence-corrected chi connectivity index (χ4v) is 5.88. The minimum atomic E-state index is -0.555. The van der Waals surface area contributed by atoms with Gasteiger partial charge in [0.25, 0.3) is 0 Å². The largest absolute Gasteiger partial charge is 0.457 e. The second-order valence-electron chi connectivity index (χ2n) is 9.53. The lowest BCUT2D eigenvalue weighted by molar-refractivity contribution is -0.135. The fourth-order valence-electron chi connectivity index (χ4n) is 5.88. The molecule has 0 aromatic heterocycles. The van der Waals surface area contributed by atoms with Gasteiger partial charge in [0.05, 0.1) is 22.4 Å². The number of likely N-dealkylation sites (tertiary alicyclic amines) is 1. The van der Waals surface area contributed by atoms with E-state index < -0.39 is 11.4 Å². The summed E-state index contributed by atoms with van der Waals surface area (Å²) in [5.41, 5.74) is 6.08. The minimum absolute atomic E-state index is 0.0528. The van der Waals surface area contributed by atoms with Crippen LogP contribution in [0, 0.1) is 6.92 Å². The van der Waals surface area contributed by atoms with E-state index in [-0.39, 0.29) is 18.5 Å². The first-order valence-electron chi connectivity index (χ1n) is 11.8. The molecule has 1 spiro atoms. The summed E-state index contributed by atoms with van der Waals surface area (Å²) in [5, 5.41) is 0. The highest BCUT2D eigenvalue weighted by Crippen LogP contribution is 2.49. The first kappa shape index (κ1) is 21.1. The van der Waals surface area contributed by atoms with Crippen LogP contribution in [-0.2, 0) is 37.5 Å². The van der Waals surface area contributed by atoms with Crippen LogP contribution in [0.5, 0.6) is 0 Å². The van der Waals surface area contributed by atoms with Crippen LogP contribution in [0.4, 0.5) is 5.69 Å². The molecule has 0 N–H and O–H groups in total. The number of cyclic esters (lactones) is 2. The summed E-state index contributed by atoms with van der Waals surface area (Å²) < 4.78 is 10.3. The van der Waals surface area contributed by atoms with Crippen molar-refractivity contribution in [2.75, 3.05) is 31.1 Å². The van der Waals surface area contributed by atoms with Crippen LogP contribution in [0.25, 0.3) is 0 Å². The molecule has 1 saturated heterocycles. The first-order valence-corrected chi connectivity index (χ1v) is 11.8. The van der Waals surface area contributed by atoms with Gasteiger partial charge in [0, 0.05) is 18.2 Å². The summed E-state index contributed by atoms with van der Waals surface area (Å²) >= 11 is 0. The van der Waals surface area contributed by atoms with E-state index in [1.807, 2.05) is 30.3 Å². The average Bonchev–Trinajstić information content (AvgIpc) is 3.51. The van der Waals surface area contributed by atoms with Gasteiger partial charge in [-0.1, -0.05) is 24.3 Å². The smallest absolute Gasteiger partial charge is 0.338 e. The third-order valence-electron chi connectivity index (χ3n) is 7.89. The van der Waals surface area contributed by atoms with Crippen LogP contribution >= 0.6 is 0 Å². The summed E-state index contributed by atoms with van der Waals surface area (Å²) in [5.74, 6) is -0.573. The van der Waals surface area contributed by atoms with Crippen molar-refractivity contribution in [3.63, 3.8) is 0 Å². The summed E-state index contributed by atoms with van der Waals surface area (Å²) in [7, 11) is 0. The Morgan fingerprint density at radius 3 is 2.53 bits per heavy atom. The van der Waals surface area contributed by atoms with E-state index in [1.54, 1.807) is 4.90 Å². The molecule has 0 radical (unpaired) electrons. The number of carbonyl (C=O) groups is 3. The Balaban J connectivity index is 1.18. The summed E-state index contributed by atoms with van der Waals surface area (Å²) in [6, 6.07) is 11.9. The average molecular weight is 459 g/mol. The Morgan fingerprint density at radius 2 is 1.76 bits per heavy atom. The van der Waals surface area contributed by atoms with E-state index in [0.717, 1.165) is 61.3 Å². The number of anilines is 1. The molecule has 4 heterocycles. The number of nitrogens with zero attached hydrogens (tertiary/aromatic N) is 2. The van der Waals surface area contributed by atoms with Gasteiger partial charge < -0.3 is 14.4 Å². The van der Waals surface area contributed by atoms with Gasteiger partial charge in [0.15, 0.2) is 0 Å². The molecule has 4 aliphatic heterocycles. The highest BCUT2D eigenvalue weighted by atomic mass is 16.5. The zero-order valence-electron chi connectivity index (χ0n) is 19.1. The number of hydrogen-bond donors (Lipinski definition) is 0. The topological polar surface area (TPSA) is 76.2 Å². The van der Waals surface area contributed by atoms with Crippen molar-refractivity contribution < 1.29 is 23.9 Å². The van der Waals surface area contributed by atoms with Gasteiger partial charge in [-0.3, -0.25) is 9.69 Å². The van der Waals surface area contributed by atoms with Crippen LogP contribution in [0.3, 0.4) is 0 Å². The molecule has 0 saturated carbocycles. The van der Waals surface area contributed by atoms with E-state index in [9.17, 15) is 14.4 Å². The Morgan fingerprint density at radius 1 is 0.971 bits per heavy atom. The van der Waals surface area contributed by atoms with Crippen molar-refractivity contribution in [2.45, 2.75) is 38.2 Å². The van der Waals surface area contributed by atoms with Crippen molar-refractivity contribution in [3.05, 3.63) is 76.0 Å². The molecule has 0 unspecified atom stereocenters. The number of hydrogen-bond acceptors (Lipinski definition) is 6. The number of amides is 1. The second-order valence-corrected chi connectivity index (χ2v) is 9.53. The van der Waals surface area contributed by atoms with E-state index in [4.69, 9.17) is 9.47 Å². The molecule has 0 bridgehead atoms. The zero-order chi connectivity index (χ0) is 23.4. The minimum Gasteiger partial charge on any atom is -0.457 e. The molecule has 0 atom stereocenters. The molecule has 2 aromatic rings. The van der Waals surface area contributed by atoms with Crippen molar-refractivity contribution in [2.24, 2.45) is 0 Å². The van der Waals surface area contributed by atoms with Crippen LogP contribution in [0.1, 0.15) is 45.5 Å². The number of benzene rings is 2. The van der Waals surface area contributed by atoms with Crippen molar-refractivity contribution in [3.8, 4) is 0 Å². The number of carbonyl (C=O) groups excluding carboxylic acids is 3. The lowest BCUT2D eigenvalue weighted by atomic mass is 9.73. The maximum Gasteiger partial charge on any atom is 0.338 e. The molecule has 34 heavy (non-hydrogen) atoms. The molecule has 7 heteroatoms. The predicted octanol–water partition coefficient (Wildman–Crippen LogP) is 3.03. The van der Waals surface area contributed by atoms with Crippen molar-refractivity contribution in [1.82, 2.24) is 4.90 Å². The maximum atomic E-state index is 13.8. The van der Waals surface area contributed by atoms with Gasteiger partial charge in [-0.05, 0) is 68.1 Å². The van der Waals surface area contributed by atoms with Crippen LogP contribution in [0.2, 0.25) is 0 Å². The molecule has 0 aliphatic carbocycles. The molecule has 1 amide bonds. The molecule has 6 rings (SSSR count). The fraction of sp³-hybridized carbons (Fsp3) is 0.370. The van der Waals surface area contributed by atoms with Gasteiger partial charge >= 0.3 is 11.9 Å². The Labute approximate surface area is 197 Å². The van der Waals surface area contributed by atoms with E-state index in [1.165, 1.54) is 11.6 Å². The van der Waals surface area contributed by atoms with Crippen LogP contribution in [0.15, 0.2) is 48.2 Å². The maximum absolute atomic E-state index is 13.8. The van der Waals surface area contributed by atoms with Crippen molar-refractivity contribution >= 4 is 23.5 Å². The highest BCUT2D eigenvalue weighted by Gasteiger charge is 2.53. The SMILES string of the molecule is Cc1c(CCN2CCC3(CC2)C(=O)N(C2=CC(=O)OC2)c2ccccc23)ccc2c1COC2=O. The van der Waals surface area contributed by atoms with E-state index >= 15 is 0 Å². The third-order valence-corrected chi connectivity index (χ3v) is 7.89. The number of ether oxygens (including phenoxy) is 2. The normalized spacial score (nSPS) is 20.9. The van der Waals surface area contributed by atoms with Gasteiger partial charge in [-0.25, -0.2) is 9.59 Å². The third kappa shape index (κ3) is 3.10. The lowest BCUT2D eigenvalue weighted by Gasteiger charge is -2.38. The van der Waals surface area contributed by atoms with Gasteiger partial charge in [0.2, 0.25) is 5.91 Å². The van der Waals surface area contributed by atoms with Gasteiger partial charge in [0.1, 0.15) is 13.2 Å². The molecule has 174 valence electrons. The molecule has 2 aromatic carbocycles. The van der Waals surface area contributed by atoms with Crippen LogP contribution < -0.4 is 4.90 Å². The zero-order valence-corrected chi connectivity index (χ0v) is 19.1. The standard InChI is InChI=1S/C27H26N2O5/c1-17-18(6-7-20-21(17)16-34-25(20)31)8-11-28-12-9-27(10-13-28)22-4-2-3-5-23(22)29(26(27)32)19-14-24(30)33-15-19/h2-7,14H,8-13,15-16H2,1H3. The first-order chi connectivity index (χ1) is 16.5. The monoisotopic (exact) mass is 458 g/mol. The number of fused-ring (bicyclic) bond motifs is 3. The quantitative estimate of drug-likeness (QED) is 0.656. The summed E-state index contributed by atoms with van der Waals surface area (Å²) in [4.78, 5) is 41.3. The highest BCUT2D eigenvalue weighted by molar-refractivity contribution is 6.11. The van der Waals surface area contributed by atoms with Gasteiger partial charge in [-0.2, -0.15) is 0 Å². The lowest BCUT2D eigenvalue weighted by Crippen LogP contribution is -2.49. The molecule has 1 fully saturated rings. The van der Waals surface area contributed by atoms with Crippen LogP contribution in [-0.4, -0.2) is 49.0 Å². The second kappa shape index (κ2) is 7.81. The van der Waals surface area contributed by atoms with Crippen molar-refractivity contribution in [1.29, 1.82) is 0 Å². The predicted molar refractivity (Wildman–Crippen MR) is 124 cm³/mol. The molecule has 4 aliphatic rings. The van der Waals surface area contributed by atoms with E-state index in [2.05, 4.69) is 17.9 Å². The van der Waals surface area contributed by atoms with Gasteiger partial charge in [-0.15, -0.1) is 0 Å². The Kier molecular flexibility index (Phi) is 4.85. The Hall–Kier alpha value is -3.45. The number of rotatable bonds is 4. The number of para-hydroxylation sites is 1. The molecular weight excluding hydrogens is 432 g/mol. The number of piperidine rings is 1. The number of esters is 2. The Bertz CT molecular complexity index is 1260. The summed E-state index contributed by atoms with van der Waals surface area (Å²) in [6.07, 6.45) is 3.81. The van der Waals surface area contributed by atoms with E-state index in [0.29, 0.717) is 17.9 Å². The molecular formula is C27H26N2O5. The molecule has 7 nitrogen and oxygen atoms in total. The summed E-state index contributed by atoms with van der Waals surface area (Å²) in [6.45, 7) is 5.12.